The summed E-state index contributed by atoms with van der Waals surface area (Å²) in [5.74, 6) is -0.451. The Hall–Kier alpha value is -0.880. The molecule has 96 valence electrons. The van der Waals surface area contributed by atoms with Gasteiger partial charge in [0.15, 0.2) is 0 Å². The van der Waals surface area contributed by atoms with Gasteiger partial charge in [-0.3, -0.25) is 9.52 Å². The molecule has 2 aliphatic carbocycles. The lowest BCUT2D eigenvalue weighted by Crippen LogP contribution is -2.50. The van der Waals surface area contributed by atoms with Crippen molar-refractivity contribution in [1.82, 2.24) is 10.0 Å². The summed E-state index contributed by atoms with van der Waals surface area (Å²) in [5, 5.41) is 2.90. The zero-order chi connectivity index (χ0) is 12.9. The molecule has 0 bridgehead atoms. The molecule has 0 aromatic carbocycles. The van der Waals surface area contributed by atoms with E-state index >= 15 is 0 Å². The fourth-order valence-electron chi connectivity index (χ4n) is 2.02. The molecule has 2 aliphatic rings. The van der Waals surface area contributed by atoms with E-state index in [2.05, 4.69) is 16.6 Å². The van der Waals surface area contributed by atoms with Gasteiger partial charge in [0.25, 0.3) is 5.91 Å². The Labute approximate surface area is 102 Å². The van der Waals surface area contributed by atoms with Crippen LogP contribution in [0.25, 0.3) is 0 Å². The highest BCUT2D eigenvalue weighted by molar-refractivity contribution is 7.91. The highest BCUT2D eigenvalue weighted by Crippen LogP contribution is 2.46. The summed E-state index contributed by atoms with van der Waals surface area (Å²) in [6, 6.07) is 0. The molecule has 2 N–H and O–H groups in total. The average molecular weight is 258 g/mol. The van der Waals surface area contributed by atoms with E-state index in [0.29, 0.717) is 19.3 Å². The minimum absolute atomic E-state index is 0.00899. The summed E-state index contributed by atoms with van der Waals surface area (Å²) in [6.45, 7) is 5.30. The predicted octanol–water partition coefficient (Wildman–Crippen LogP) is 0.149. The van der Waals surface area contributed by atoms with Crippen molar-refractivity contribution in [2.75, 3.05) is 7.05 Å². The van der Waals surface area contributed by atoms with Gasteiger partial charge in [0.1, 0.15) is 5.54 Å². The molecule has 0 aromatic heterocycles. The zero-order valence-electron chi connectivity index (χ0n) is 10.1. The monoisotopic (exact) mass is 258 g/mol. The lowest BCUT2D eigenvalue weighted by Gasteiger charge is -2.18. The van der Waals surface area contributed by atoms with Crippen LogP contribution in [0.15, 0.2) is 12.7 Å². The number of nitrogens with one attached hydrogen (secondary N) is 2. The van der Waals surface area contributed by atoms with E-state index in [1.54, 1.807) is 20.0 Å². The molecule has 0 saturated heterocycles. The summed E-state index contributed by atoms with van der Waals surface area (Å²) in [7, 11) is -1.88. The maximum absolute atomic E-state index is 12.0. The molecule has 2 atom stereocenters. The van der Waals surface area contributed by atoms with Crippen LogP contribution in [0.4, 0.5) is 0 Å². The Kier molecular flexibility index (Phi) is 2.63. The maximum Gasteiger partial charge on any atom is 0.254 e. The summed E-state index contributed by atoms with van der Waals surface area (Å²) in [6.07, 6.45) is 3.52. The Morgan fingerprint density at radius 2 is 2.06 bits per heavy atom. The molecule has 1 amide bonds. The van der Waals surface area contributed by atoms with Crippen LogP contribution in [0, 0.1) is 5.92 Å². The molecular formula is C11H18N2O3S. The van der Waals surface area contributed by atoms with Crippen LogP contribution in [0.5, 0.6) is 0 Å². The summed E-state index contributed by atoms with van der Waals surface area (Å²) in [4.78, 5) is 12.0. The maximum atomic E-state index is 12.0. The molecule has 0 heterocycles. The number of hydrogen-bond acceptors (Lipinski definition) is 4. The molecule has 5 nitrogen and oxygen atoms in total. The van der Waals surface area contributed by atoms with Crippen LogP contribution in [-0.4, -0.2) is 31.7 Å². The van der Waals surface area contributed by atoms with Crippen LogP contribution in [0.2, 0.25) is 0 Å². The van der Waals surface area contributed by atoms with Crippen LogP contribution < -0.4 is 10.0 Å². The van der Waals surface area contributed by atoms with Gasteiger partial charge in [0.2, 0.25) is 10.0 Å². The van der Waals surface area contributed by atoms with Crippen molar-refractivity contribution >= 4 is 15.9 Å². The number of carbonyl (C=O) groups excluding carboxylic acids is 1. The number of amides is 1. The molecular weight excluding hydrogens is 240 g/mol. The van der Waals surface area contributed by atoms with Crippen LogP contribution in [0.1, 0.15) is 26.2 Å². The lowest BCUT2D eigenvalue weighted by atomic mass is 10.2. The van der Waals surface area contributed by atoms with Crippen molar-refractivity contribution in [1.29, 1.82) is 0 Å². The van der Waals surface area contributed by atoms with E-state index in [9.17, 15) is 13.2 Å². The SMILES string of the molecule is C=C[C@@H]1C[C@]1(NC)C(=O)NS(=O)(=O)C1(C)CC1. The Morgan fingerprint density at radius 3 is 2.41 bits per heavy atom. The third-order valence-electron chi connectivity index (χ3n) is 3.98. The minimum atomic E-state index is -3.54. The van der Waals surface area contributed by atoms with Crippen molar-refractivity contribution in [3.05, 3.63) is 12.7 Å². The van der Waals surface area contributed by atoms with Crippen molar-refractivity contribution in [2.45, 2.75) is 36.5 Å². The second kappa shape index (κ2) is 3.55. The minimum Gasteiger partial charge on any atom is -0.306 e. The van der Waals surface area contributed by atoms with Crippen LogP contribution in [-0.2, 0) is 14.8 Å². The molecule has 6 heteroatoms. The Morgan fingerprint density at radius 1 is 1.47 bits per heavy atom. The zero-order valence-corrected chi connectivity index (χ0v) is 10.9. The first-order chi connectivity index (χ1) is 7.81. The second-order valence-corrected chi connectivity index (χ2v) is 7.35. The third kappa shape index (κ3) is 1.79. The first-order valence-electron chi connectivity index (χ1n) is 5.69. The molecule has 2 fully saturated rings. The van der Waals surface area contributed by atoms with Gasteiger partial charge in [-0.25, -0.2) is 8.42 Å². The molecule has 17 heavy (non-hydrogen) atoms. The topological polar surface area (TPSA) is 75.3 Å². The van der Waals surface area contributed by atoms with Crippen LogP contribution in [0.3, 0.4) is 0 Å². The van der Waals surface area contributed by atoms with Gasteiger partial charge in [0.05, 0.1) is 4.75 Å². The highest BCUT2D eigenvalue weighted by atomic mass is 32.2. The molecule has 2 rings (SSSR count). The lowest BCUT2D eigenvalue weighted by molar-refractivity contribution is -0.122. The number of rotatable bonds is 5. The molecule has 2 saturated carbocycles. The number of hydrogen-bond donors (Lipinski definition) is 2. The molecule has 0 aromatic rings. The van der Waals surface area contributed by atoms with Gasteiger partial charge in [-0.15, -0.1) is 6.58 Å². The fraction of sp³-hybridized carbons (Fsp3) is 0.727. The first kappa shape index (κ1) is 12.6. The van der Waals surface area contributed by atoms with Crippen molar-refractivity contribution in [2.24, 2.45) is 5.92 Å². The van der Waals surface area contributed by atoms with Gasteiger partial charge >= 0.3 is 0 Å². The number of sulfonamides is 1. The van der Waals surface area contributed by atoms with E-state index in [4.69, 9.17) is 0 Å². The smallest absolute Gasteiger partial charge is 0.254 e. The largest absolute Gasteiger partial charge is 0.306 e. The summed E-state index contributed by atoms with van der Waals surface area (Å²) < 4.78 is 25.3. The average Bonchev–Trinajstić information content (AvgIpc) is 3.12. The first-order valence-corrected chi connectivity index (χ1v) is 7.18. The molecule has 0 unspecified atom stereocenters. The third-order valence-corrected chi connectivity index (χ3v) is 6.14. The molecule has 0 spiro atoms. The van der Waals surface area contributed by atoms with E-state index in [0.717, 1.165) is 0 Å². The summed E-state index contributed by atoms with van der Waals surface area (Å²) in [5.41, 5.74) is -0.778. The van der Waals surface area contributed by atoms with Crippen LogP contribution >= 0.6 is 0 Å². The van der Waals surface area contributed by atoms with Gasteiger partial charge < -0.3 is 5.32 Å². The molecule has 0 aliphatic heterocycles. The van der Waals surface area contributed by atoms with Crippen molar-refractivity contribution in [3.8, 4) is 0 Å². The quantitative estimate of drug-likeness (QED) is 0.688. The van der Waals surface area contributed by atoms with Gasteiger partial charge in [0, 0.05) is 5.92 Å². The number of carbonyl (C=O) groups is 1. The summed E-state index contributed by atoms with van der Waals surface area (Å²) >= 11 is 0. The van der Waals surface area contributed by atoms with Gasteiger partial charge in [-0.1, -0.05) is 6.08 Å². The fourth-order valence-corrected chi connectivity index (χ4v) is 3.33. The highest BCUT2D eigenvalue weighted by Gasteiger charge is 2.60. The Bertz CT molecular complexity index is 467. The molecule has 0 radical (unpaired) electrons. The predicted molar refractivity (Wildman–Crippen MR) is 64.8 cm³/mol. The standard InChI is InChI=1S/C11H18N2O3S/c1-4-8-7-11(8,12-3)9(14)13-17(15,16)10(2)5-6-10/h4,8,12H,1,5-7H2,2-3H3,(H,13,14)/t8-,11-/m1/s1. The van der Waals surface area contributed by atoms with E-state index in [-0.39, 0.29) is 5.92 Å². The normalized spacial score (nSPS) is 33.9. The van der Waals surface area contributed by atoms with Gasteiger partial charge in [-0.2, -0.15) is 0 Å². The van der Waals surface area contributed by atoms with E-state index < -0.39 is 26.2 Å². The van der Waals surface area contributed by atoms with E-state index in [1.807, 2.05) is 0 Å². The number of likely N-dealkylation sites (N-methyl/N-ethyl adjacent to an activating group) is 1. The second-order valence-electron chi connectivity index (χ2n) is 5.15. The van der Waals surface area contributed by atoms with Crippen molar-refractivity contribution < 1.29 is 13.2 Å². The van der Waals surface area contributed by atoms with E-state index in [1.165, 1.54) is 0 Å². The van der Waals surface area contributed by atoms with Crippen molar-refractivity contribution in [3.63, 3.8) is 0 Å². The van der Waals surface area contributed by atoms with Gasteiger partial charge in [-0.05, 0) is 33.2 Å². The Balaban J connectivity index is 2.10.